The molecular formula is C20H22N3O4+. The average molecular weight is 368 g/mol. The number of nitrogens with zero attached hydrogens (tertiary/aromatic N) is 3. The zero-order valence-electron chi connectivity index (χ0n) is 15.2. The van der Waals surface area contributed by atoms with Crippen molar-refractivity contribution in [3.8, 4) is 5.75 Å². The van der Waals surface area contributed by atoms with Crippen LogP contribution in [0.25, 0.3) is 0 Å². The Morgan fingerprint density at radius 2 is 2.00 bits per heavy atom. The normalized spacial score (nSPS) is 21.9. The molecule has 1 N–H and O–H groups in total. The highest BCUT2D eigenvalue weighted by atomic mass is 16.6. The molecule has 0 amide bonds. The van der Waals surface area contributed by atoms with E-state index in [1.807, 2.05) is 29.2 Å². The Bertz CT molecular complexity index is 910. The molecule has 0 saturated carbocycles. The number of hydrogen-bond donors (Lipinski definition) is 1. The van der Waals surface area contributed by atoms with E-state index in [1.165, 1.54) is 12.1 Å². The highest BCUT2D eigenvalue weighted by molar-refractivity contribution is 5.97. The molecule has 0 fully saturated rings. The van der Waals surface area contributed by atoms with Gasteiger partial charge in [0.1, 0.15) is 11.4 Å². The van der Waals surface area contributed by atoms with Crippen LogP contribution < -0.4 is 9.64 Å². The van der Waals surface area contributed by atoms with Gasteiger partial charge in [-0.3, -0.25) is 14.7 Å². The smallest absolute Gasteiger partial charge is 0.275 e. The van der Waals surface area contributed by atoms with Crippen molar-refractivity contribution in [3.63, 3.8) is 0 Å². The highest BCUT2D eigenvalue weighted by Gasteiger charge is 2.54. The standard InChI is InChI=1S/C20H22N3O4/c1-27-18-10-8-16(9-11-18)22-19-7-2-3-12-21(19)14-20(22,24)15-5-4-6-17(13-15)23(25)26/h4-6,8-11,13,24H,2-3,7,12,14H2,1H3/q+1. The van der Waals surface area contributed by atoms with E-state index in [-0.39, 0.29) is 5.69 Å². The van der Waals surface area contributed by atoms with Gasteiger partial charge in [0.05, 0.1) is 18.6 Å². The second-order valence-electron chi connectivity index (χ2n) is 6.95. The van der Waals surface area contributed by atoms with Crippen LogP contribution in [0.5, 0.6) is 5.75 Å². The zero-order valence-corrected chi connectivity index (χ0v) is 15.2. The first-order chi connectivity index (χ1) is 13.0. The number of non-ortho nitro benzene ring substituents is 1. The van der Waals surface area contributed by atoms with Crippen LogP contribution in [0.3, 0.4) is 0 Å². The minimum Gasteiger partial charge on any atom is -0.497 e. The van der Waals surface area contributed by atoms with Gasteiger partial charge in [-0.15, -0.1) is 0 Å². The fraction of sp³-hybridized carbons (Fsp3) is 0.350. The molecule has 0 aliphatic carbocycles. The third kappa shape index (κ3) is 2.94. The molecule has 2 aliphatic heterocycles. The molecule has 1 unspecified atom stereocenters. The summed E-state index contributed by atoms with van der Waals surface area (Å²) >= 11 is 0. The molecule has 1 atom stereocenters. The van der Waals surface area contributed by atoms with Crippen LogP contribution in [0.4, 0.5) is 11.4 Å². The van der Waals surface area contributed by atoms with Crippen molar-refractivity contribution >= 4 is 17.2 Å². The second kappa shape index (κ2) is 6.66. The number of hydrogen-bond acceptors (Lipinski definition) is 5. The van der Waals surface area contributed by atoms with Crippen molar-refractivity contribution < 1.29 is 19.3 Å². The molecule has 27 heavy (non-hydrogen) atoms. The lowest BCUT2D eigenvalue weighted by Gasteiger charge is -2.28. The number of aliphatic hydroxyl groups is 1. The van der Waals surface area contributed by atoms with E-state index in [0.717, 1.165) is 43.1 Å². The second-order valence-corrected chi connectivity index (χ2v) is 6.95. The quantitative estimate of drug-likeness (QED) is 0.510. The minimum absolute atomic E-state index is 0.0227. The molecule has 0 saturated heterocycles. The van der Waals surface area contributed by atoms with Crippen LogP contribution >= 0.6 is 0 Å². The Balaban J connectivity index is 1.82. The van der Waals surface area contributed by atoms with Gasteiger partial charge in [0.2, 0.25) is 0 Å². The van der Waals surface area contributed by atoms with Crippen LogP contribution in [-0.2, 0) is 5.72 Å². The highest BCUT2D eigenvalue weighted by Crippen LogP contribution is 2.39. The summed E-state index contributed by atoms with van der Waals surface area (Å²) in [4.78, 5) is 12.7. The zero-order chi connectivity index (χ0) is 19.0. The first-order valence-electron chi connectivity index (χ1n) is 9.05. The Labute approximate surface area is 157 Å². The first kappa shape index (κ1) is 17.5. The van der Waals surface area contributed by atoms with Crippen molar-refractivity contribution in [3.05, 3.63) is 64.2 Å². The number of ether oxygens (including phenoxy) is 1. The van der Waals surface area contributed by atoms with E-state index in [0.29, 0.717) is 12.1 Å². The lowest BCUT2D eigenvalue weighted by molar-refractivity contribution is -0.538. The van der Waals surface area contributed by atoms with Crippen LogP contribution in [0.15, 0.2) is 48.5 Å². The Morgan fingerprint density at radius 3 is 2.70 bits per heavy atom. The number of amidine groups is 1. The molecule has 2 aliphatic rings. The molecule has 0 spiro atoms. The lowest BCUT2D eigenvalue weighted by atomic mass is 10.00. The third-order valence-electron chi connectivity index (χ3n) is 5.33. The van der Waals surface area contributed by atoms with Gasteiger partial charge in [-0.1, -0.05) is 12.1 Å². The van der Waals surface area contributed by atoms with E-state index in [2.05, 4.69) is 4.58 Å². The maximum absolute atomic E-state index is 11.7. The van der Waals surface area contributed by atoms with E-state index < -0.39 is 10.6 Å². The summed E-state index contributed by atoms with van der Waals surface area (Å²) < 4.78 is 7.43. The van der Waals surface area contributed by atoms with Gasteiger partial charge in [0.25, 0.3) is 17.2 Å². The van der Waals surface area contributed by atoms with Crippen LogP contribution in [0.1, 0.15) is 24.8 Å². The molecule has 7 nitrogen and oxygen atoms in total. The minimum atomic E-state index is -1.36. The SMILES string of the molecule is COc1ccc(N2C3=[N+](CCCC3)CC2(O)c2cccc([N+](=O)[O-])c2)cc1. The van der Waals surface area contributed by atoms with Gasteiger partial charge in [0, 0.05) is 24.1 Å². The number of nitro groups is 1. The van der Waals surface area contributed by atoms with Gasteiger partial charge in [-0.2, -0.15) is 4.90 Å². The summed E-state index contributed by atoms with van der Waals surface area (Å²) in [6, 6.07) is 13.8. The Morgan fingerprint density at radius 1 is 1.22 bits per heavy atom. The van der Waals surface area contributed by atoms with Crippen molar-refractivity contribution in [1.82, 2.24) is 0 Å². The van der Waals surface area contributed by atoms with Crippen LogP contribution in [0, 0.1) is 10.1 Å². The summed E-state index contributed by atoms with van der Waals surface area (Å²) in [5.41, 5.74) is -0.0237. The summed E-state index contributed by atoms with van der Waals surface area (Å²) in [6.07, 6.45) is 3.00. The number of nitro benzene ring substituents is 1. The number of methoxy groups -OCH3 is 1. The molecule has 2 aromatic carbocycles. The number of benzene rings is 2. The Hall–Kier alpha value is -2.93. The molecule has 0 radical (unpaired) electrons. The Kier molecular flexibility index (Phi) is 4.31. The third-order valence-corrected chi connectivity index (χ3v) is 5.33. The summed E-state index contributed by atoms with van der Waals surface area (Å²) in [5, 5.41) is 23.0. The molecule has 7 heteroatoms. The molecule has 2 heterocycles. The maximum atomic E-state index is 11.7. The van der Waals surface area contributed by atoms with Crippen molar-refractivity contribution in [1.29, 1.82) is 0 Å². The van der Waals surface area contributed by atoms with Gasteiger partial charge in [0.15, 0.2) is 6.54 Å². The molecular weight excluding hydrogens is 346 g/mol. The van der Waals surface area contributed by atoms with E-state index in [1.54, 1.807) is 19.2 Å². The molecule has 140 valence electrons. The topological polar surface area (TPSA) is 78.8 Å². The molecule has 0 aromatic heterocycles. The number of anilines is 1. The van der Waals surface area contributed by atoms with Crippen molar-refractivity contribution in [2.24, 2.45) is 0 Å². The fourth-order valence-corrected chi connectivity index (χ4v) is 4.03. The van der Waals surface area contributed by atoms with E-state index in [4.69, 9.17) is 4.74 Å². The van der Waals surface area contributed by atoms with Crippen molar-refractivity contribution in [2.75, 3.05) is 25.1 Å². The first-order valence-corrected chi connectivity index (χ1v) is 9.05. The summed E-state index contributed by atoms with van der Waals surface area (Å²) in [6.45, 7) is 1.26. The lowest BCUT2D eigenvalue weighted by Crippen LogP contribution is -2.47. The predicted octanol–water partition coefficient (Wildman–Crippen LogP) is 2.86. The monoisotopic (exact) mass is 368 g/mol. The molecule has 4 rings (SSSR count). The maximum Gasteiger partial charge on any atom is 0.275 e. The summed E-state index contributed by atoms with van der Waals surface area (Å²) in [7, 11) is 1.61. The van der Waals surface area contributed by atoms with Gasteiger partial charge >= 0.3 is 0 Å². The van der Waals surface area contributed by atoms with E-state index >= 15 is 0 Å². The van der Waals surface area contributed by atoms with E-state index in [9.17, 15) is 15.2 Å². The predicted molar refractivity (Wildman–Crippen MR) is 101 cm³/mol. The van der Waals surface area contributed by atoms with Gasteiger partial charge in [-0.05, 0) is 37.1 Å². The van der Waals surface area contributed by atoms with Crippen LogP contribution in [-0.4, -0.2) is 40.6 Å². The molecule has 2 aromatic rings. The summed E-state index contributed by atoms with van der Waals surface area (Å²) in [5.74, 6) is 1.79. The molecule has 0 bridgehead atoms. The van der Waals surface area contributed by atoms with Crippen LogP contribution in [0.2, 0.25) is 0 Å². The van der Waals surface area contributed by atoms with Gasteiger partial charge < -0.3 is 9.84 Å². The van der Waals surface area contributed by atoms with Gasteiger partial charge in [-0.25, -0.2) is 0 Å². The fourth-order valence-electron chi connectivity index (χ4n) is 4.03. The average Bonchev–Trinajstić information content (AvgIpc) is 3.01. The largest absolute Gasteiger partial charge is 0.497 e. The van der Waals surface area contributed by atoms with Crippen molar-refractivity contribution in [2.45, 2.75) is 25.0 Å². The number of rotatable bonds is 4.